The van der Waals surface area contributed by atoms with Gasteiger partial charge >= 0.3 is 0 Å². The van der Waals surface area contributed by atoms with Crippen LogP contribution in [0.3, 0.4) is 0 Å². The fourth-order valence-corrected chi connectivity index (χ4v) is 3.49. The number of para-hydroxylation sites is 3. The van der Waals surface area contributed by atoms with Crippen molar-refractivity contribution in [3.05, 3.63) is 77.9 Å². The van der Waals surface area contributed by atoms with Gasteiger partial charge in [-0.25, -0.2) is 4.98 Å². The Kier molecular flexibility index (Phi) is 2.82. The average Bonchev–Trinajstić information content (AvgIpc) is 2.95. The number of rotatable bonds is 1. The van der Waals surface area contributed by atoms with E-state index in [1.54, 1.807) is 0 Å². The zero-order valence-electron chi connectivity index (χ0n) is 13.7. The maximum absolute atomic E-state index is 12.7. The van der Waals surface area contributed by atoms with Crippen LogP contribution in [0.4, 0.5) is 5.69 Å². The molecule has 2 heterocycles. The van der Waals surface area contributed by atoms with Gasteiger partial charge in [0.2, 0.25) is 0 Å². The minimum Gasteiger partial charge on any atom is -0.320 e. The van der Waals surface area contributed by atoms with Crippen molar-refractivity contribution in [2.75, 3.05) is 5.32 Å². The fraction of sp³-hybridized carbons (Fsp3) is 0.0476. The number of carbonyl (C=O) groups is 1. The number of carbonyl (C=O) groups excluding carboxylic acids is 1. The van der Waals surface area contributed by atoms with Crippen molar-refractivity contribution in [2.24, 2.45) is 0 Å². The van der Waals surface area contributed by atoms with Crippen LogP contribution in [0.25, 0.3) is 28.1 Å². The quantitative estimate of drug-likeness (QED) is 0.557. The number of aryl methyl sites for hydroxylation is 1. The Morgan fingerprint density at radius 1 is 0.960 bits per heavy atom. The molecule has 5 rings (SSSR count). The number of hydrogen-bond donors (Lipinski definition) is 1. The lowest BCUT2D eigenvalue weighted by Crippen LogP contribution is -2.10. The van der Waals surface area contributed by atoms with Crippen LogP contribution in [-0.4, -0.2) is 15.5 Å². The summed E-state index contributed by atoms with van der Waals surface area (Å²) >= 11 is 0. The van der Waals surface area contributed by atoms with E-state index in [0.29, 0.717) is 5.56 Å². The van der Waals surface area contributed by atoms with E-state index in [-0.39, 0.29) is 5.91 Å². The van der Waals surface area contributed by atoms with Crippen LogP contribution in [0.5, 0.6) is 0 Å². The van der Waals surface area contributed by atoms with E-state index in [4.69, 9.17) is 4.98 Å². The molecule has 0 bridgehead atoms. The van der Waals surface area contributed by atoms with Crippen molar-refractivity contribution in [3.63, 3.8) is 0 Å². The molecule has 0 unspecified atom stereocenters. The number of nitrogens with zero attached hydrogens (tertiary/aromatic N) is 2. The van der Waals surface area contributed by atoms with Crippen molar-refractivity contribution < 1.29 is 4.79 Å². The Balaban J connectivity index is 1.96. The molecule has 4 nitrogen and oxygen atoms in total. The molecule has 3 aromatic carbocycles. The summed E-state index contributed by atoms with van der Waals surface area (Å²) in [5.41, 5.74) is 6.24. The van der Waals surface area contributed by atoms with Crippen LogP contribution >= 0.6 is 0 Å². The zero-order valence-corrected chi connectivity index (χ0v) is 13.7. The number of amides is 1. The highest BCUT2D eigenvalue weighted by atomic mass is 16.1. The summed E-state index contributed by atoms with van der Waals surface area (Å²) in [5, 5.41) is 3.02. The van der Waals surface area contributed by atoms with Crippen molar-refractivity contribution in [3.8, 4) is 17.1 Å². The molecule has 1 N–H and O–H groups in total. The van der Waals surface area contributed by atoms with Crippen LogP contribution in [-0.2, 0) is 0 Å². The molecule has 25 heavy (non-hydrogen) atoms. The molecule has 0 saturated heterocycles. The number of anilines is 1. The molecule has 0 atom stereocenters. The second-order valence-electron chi connectivity index (χ2n) is 6.28. The van der Waals surface area contributed by atoms with E-state index in [1.165, 1.54) is 5.56 Å². The summed E-state index contributed by atoms with van der Waals surface area (Å²) < 4.78 is 2.09. The Morgan fingerprint density at radius 3 is 2.68 bits per heavy atom. The average molecular weight is 325 g/mol. The first-order valence-electron chi connectivity index (χ1n) is 8.21. The molecule has 1 amide bonds. The van der Waals surface area contributed by atoms with Crippen LogP contribution in [0.2, 0.25) is 0 Å². The largest absolute Gasteiger partial charge is 0.320 e. The van der Waals surface area contributed by atoms with Crippen LogP contribution in [0.15, 0.2) is 66.7 Å². The number of nitrogens with one attached hydrogen (secondary N) is 1. The number of benzene rings is 3. The van der Waals surface area contributed by atoms with Gasteiger partial charge in [-0.05, 0) is 37.3 Å². The molecule has 0 saturated carbocycles. The van der Waals surface area contributed by atoms with Gasteiger partial charge in [-0.15, -0.1) is 0 Å². The number of fused-ring (bicyclic) bond motifs is 2. The van der Waals surface area contributed by atoms with Gasteiger partial charge in [-0.1, -0.05) is 42.0 Å². The van der Waals surface area contributed by atoms with Crippen molar-refractivity contribution in [2.45, 2.75) is 6.92 Å². The highest BCUT2D eigenvalue weighted by molar-refractivity contribution is 6.14. The number of imidazole rings is 1. The summed E-state index contributed by atoms with van der Waals surface area (Å²) in [5.74, 6) is 0.739. The molecule has 1 aromatic heterocycles. The summed E-state index contributed by atoms with van der Waals surface area (Å²) in [6.07, 6.45) is 0. The van der Waals surface area contributed by atoms with E-state index in [1.807, 2.05) is 48.5 Å². The van der Waals surface area contributed by atoms with Crippen LogP contribution in [0, 0.1) is 6.92 Å². The first-order chi connectivity index (χ1) is 12.2. The van der Waals surface area contributed by atoms with E-state index >= 15 is 0 Å². The minimum atomic E-state index is -0.104. The zero-order chi connectivity index (χ0) is 17.0. The van der Waals surface area contributed by atoms with E-state index < -0.39 is 0 Å². The second kappa shape index (κ2) is 5.05. The Morgan fingerprint density at radius 2 is 1.80 bits per heavy atom. The van der Waals surface area contributed by atoms with E-state index in [2.05, 4.69) is 35.0 Å². The van der Waals surface area contributed by atoms with Gasteiger partial charge in [-0.2, -0.15) is 0 Å². The number of hydrogen-bond acceptors (Lipinski definition) is 2. The number of aromatic nitrogens is 2. The third-order valence-electron chi connectivity index (χ3n) is 4.59. The Labute approximate surface area is 144 Å². The third-order valence-corrected chi connectivity index (χ3v) is 4.59. The van der Waals surface area contributed by atoms with E-state index in [9.17, 15) is 4.79 Å². The molecular weight excluding hydrogens is 310 g/mol. The minimum absolute atomic E-state index is 0.104. The maximum Gasteiger partial charge on any atom is 0.257 e. The molecule has 0 aliphatic carbocycles. The highest BCUT2D eigenvalue weighted by Gasteiger charge is 2.25. The SMILES string of the molecule is Cc1cccc(-c2nc3cccc4c3n2-c2ccccc2NC4=O)c1. The molecule has 1 aliphatic rings. The van der Waals surface area contributed by atoms with E-state index in [0.717, 1.165) is 33.8 Å². The van der Waals surface area contributed by atoms with Gasteiger partial charge in [0.25, 0.3) is 5.91 Å². The molecule has 0 radical (unpaired) electrons. The van der Waals surface area contributed by atoms with Gasteiger partial charge < -0.3 is 5.32 Å². The molecule has 4 heteroatoms. The molecular formula is C21H15N3O. The lowest BCUT2D eigenvalue weighted by atomic mass is 10.1. The van der Waals surface area contributed by atoms with Gasteiger partial charge in [0, 0.05) is 5.56 Å². The summed E-state index contributed by atoms with van der Waals surface area (Å²) in [6.45, 7) is 2.07. The molecule has 0 fully saturated rings. The normalized spacial score (nSPS) is 12.6. The Bertz CT molecular complexity index is 1160. The Hall–Kier alpha value is -3.40. The fourth-order valence-electron chi connectivity index (χ4n) is 3.49. The first-order valence-corrected chi connectivity index (χ1v) is 8.21. The summed E-state index contributed by atoms with van der Waals surface area (Å²) in [4.78, 5) is 17.6. The third kappa shape index (κ3) is 2.01. The monoisotopic (exact) mass is 325 g/mol. The highest BCUT2D eigenvalue weighted by Crippen LogP contribution is 2.36. The molecule has 1 aliphatic heterocycles. The molecule has 120 valence electrons. The van der Waals surface area contributed by atoms with Crippen LogP contribution < -0.4 is 5.32 Å². The summed E-state index contributed by atoms with van der Waals surface area (Å²) in [6, 6.07) is 21.8. The topological polar surface area (TPSA) is 46.9 Å². The van der Waals surface area contributed by atoms with Gasteiger partial charge in [-0.3, -0.25) is 9.36 Å². The van der Waals surface area contributed by atoms with Gasteiger partial charge in [0.05, 0.1) is 28.0 Å². The maximum atomic E-state index is 12.7. The molecule has 0 spiro atoms. The van der Waals surface area contributed by atoms with Crippen molar-refractivity contribution >= 4 is 22.6 Å². The molecule has 4 aromatic rings. The standard InChI is InChI=1S/C21H15N3O/c1-13-6-4-7-14(12-13)20-22-17-10-5-8-15-19(17)24(20)18-11-3-2-9-16(18)23-21(15)25/h2-12H,1H3,(H,23,25). The first kappa shape index (κ1) is 14.0. The lowest BCUT2D eigenvalue weighted by molar-refractivity contribution is 0.102. The van der Waals surface area contributed by atoms with Crippen LogP contribution in [0.1, 0.15) is 15.9 Å². The second-order valence-corrected chi connectivity index (χ2v) is 6.28. The van der Waals surface area contributed by atoms with Gasteiger partial charge in [0.1, 0.15) is 5.82 Å². The lowest BCUT2D eigenvalue weighted by Gasteiger charge is -2.12. The summed E-state index contributed by atoms with van der Waals surface area (Å²) in [7, 11) is 0. The smallest absolute Gasteiger partial charge is 0.257 e. The predicted octanol–water partition coefficient (Wildman–Crippen LogP) is 4.57. The predicted molar refractivity (Wildman–Crippen MR) is 99.2 cm³/mol. The van der Waals surface area contributed by atoms with Crippen molar-refractivity contribution in [1.82, 2.24) is 9.55 Å². The van der Waals surface area contributed by atoms with Gasteiger partial charge in [0.15, 0.2) is 0 Å². The van der Waals surface area contributed by atoms with Crippen molar-refractivity contribution in [1.29, 1.82) is 0 Å².